The van der Waals surface area contributed by atoms with Crippen molar-refractivity contribution < 1.29 is 19.0 Å². The van der Waals surface area contributed by atoms with Crippen molar-refractivity contribution in [1.82, 2.24) is 5.32 Å². The molecule has 1 rings (SSSR count). The first-order valence-corrected chi connectivity index (χ1v) is 5.31. The second kappa shape index (κ2) is 6.76. The maximum Gasteiger partial charge on any atom is 0.325 e. The highest BCUT2D eigenvalue weighted by molar-refractivity contribution is 5.75. The average Bonchev–Trinajstić information content (AvgIpc) is 2.72. The van der Waals surface area contributed by atoms with Crippen LogP contribution in [0.3, 0.4) is 0 Å². The Kier molecular flexibility index (Phi) is 5.60. The van der Waals surface area contributed by atoms with E-state index in [1.54, 1.807) is 14.0 Å². The average molecular weight is 217 g/mol. The van der Waals surface area contributed by atoms with Crippen LogP contribution in [0.1, 0.15) is 13.3 Å². The highest BCUT2D eigenvalue weighted by atomic mass is 16.6. The summed E-state index contributed by atoms with van der Waals surface area (Å²) in [5.41, 5.74) is 0. The Hall–Kier alpha value is -0.650. The van der Waals surface area contributed by atoms with Crippen molar-refractivity contribution in [3.8, 4) is 0 Å². The predicted molar refractivity (Wildman–Crippen MR) is 54.7 cm³/mol. The topological polar surface area (TPSA) is 56.8 Å². The molecule has 1 heterocycles. The van der Waals surface area contributed by atoms with Crippen molar-refractivity contribution in [2.24, 2.45) is 0 Å². The van der Waals surface area contributed by atoms with E-state index >= 15 is 0 Å². The largest absolute Gasteiger partial charge is 0.465 e. The van der Waals surface area contributed by atoms with E-state index in [-0.39, 0.29) is 18.1 Å². The Morgan fingerprint density at radius 1 is 1.67 bits per heavy atom. The number of likely N-dealkylation sites (N-methyl/N-ethyl adjacent to an activating group) is 1. The molecule has 1 N–H and O–H groups in total. The fraction of sp³-hybridized carbons (Fsp3) is 0.900. The Balaban J connectivity index is 2.23. The van der Waals surface area contributed by atoms with E-state index in [4.69, 9.17) is 14.2 Å². The highest BCUT2D eigenvalue weighted by Crippen LogP contribution is 2.08. The number of hydrogen-bond donors (Lipinski definition) is 1. The molecular weight excluding hydrogens is 198 g/mol. The molecule has 0 amide bonds. The maximum atomic E-state index is 11.4. The van der Waals surface area contributed by atoms with Crippen molar-refractivity contribution in [1.29, 1.82) is 0 Å². The molecule has 0 aromatic carbocycles. The molecule has 1 aliphatic heterocycles. The van der Waals surface area contributed by atoms with Crippen LogP contribution in [-0.4, -0.2) is 51.6 Å². The summed E-state index contributed by atoms with van der Waals surface area (Å²) in [4.78, 5) is 11.4. The summed E-state index contributed by atoms with van der Waals surface area (Å²) in [6.07, 6.45) is 1.02. The predicted octanol–water partition coefficient (Wildman–Crippen LogP) is -0.0570. The molecule has 1 aliphatic rings. The number of esters is 1. The first-order chi connectivity index (χ1) is 7.27. The van der Waals surface area contributed by atoms with Crippen LogP contribution in [0.25, 0.3) is 0 Å². The molecule has 0 aromatic heterocycles. The van der Waals surface area contributed by atoms with Crippen molar-refractivity contribution >= 4 is 5.97 Å². The van der Waals surface area contributed by atoms with Crippen LogP contribution in [0.15, 0.2) is 0 Å². The van der Waals surface area contributed by atoms with E-state index in [0.717, 1.165) is 13.0 Å². The lowest BCUT2D eigenvalue weighted by Gasteiger charge is -2.17. The first kappa shape index (κ1) is 12.4. The number of rotatable bonds is 6. The number of carbonyl (C=O) groups excluding carboxylic acids is 1. The Morgan fingerprint density at radius 2 is 2.47 bits per heavy atom. The minimum Gasteiger partial charge on any atom is -0.465 e. The molecule has 0 bridgehead atoms. The smallest absolute Gasteiger partial charge is 0.325 e. The number of hydrogen-bond acceptors (Lipinski definition) is 5. The fourth-order valence-electron chi connectivity index (χ4n) is 1.39. The summed E-state index contributed by atoms with van der Waals surface area (Å²) in [7, 11) is 1.72. The summed E-state index contributed by atoms with van der Waals surface area (Å²) in [6.45, 7) is 3.89. The quantitative estimate of drug-likeness (QED) is 0.632. The van der Waals surface area contributed by atoms with Crippen molar-refractivity contribution in [3.05, 3.63) is 0 Å². The Morgan fingerprint density at radius 3 is 3.00 bits per heavy atom. The van der Waals surface area contributed by atoms with Crippen LogP contribution in [0.2, 0.25) is 0 Å². The van der Waals surface area contributed by atoms with Gasteiger partial charge in [0.2, 0.25) is 0 Å². The third-order valence-corrected chi connectivity index (χ3v) is 2.31. The van der Waals surface area contributed by atoms with Gasteiger partial charge < -0.3 is 19.5 Å². The summed E-state index contributed by atoms with van der Waals surface area (Å²) < 4.78 is 15.6. The van der Waals surface area contributed by atoms with Gasteiger partial charge in [-0.1, -0.05) is 0 Å². The van der Waals surface area contributed by atoms with Gasteiger partial charge in [-0.3, -0.25) is 4.79 Å². The lowest BCUT2D eigenvalue weighted by molar-refractivity contribution is -0.147. The number of nitrogens with one attached hydrogen (secondary N) is 1. The molecule has 1 fully saturated rings. The molecule has 0 aliphatic carbocycles. The molecule has 2 unspecified atom stereocenters. The van der Waals surface area contributed by atoms with Gasteiger partial charge in [0.05, 0.1) is 25.9 Å². The zero-order valence-electron chi connectivity index (χ0n) is 9.32. The third kappa shape index (κ3) is 4.15. The summed E-state index contributed by atoms with van der Waals surface area (Å²) in [5, 5.41) is 2.87. The molecular formula is C10H19NO4. The van der Waals surface area contributed by atoms with Gasteiger partial charge in [-0.15, -0.1) is 0 Å². The maximum absolute atomic E-state index is 11.4. The van der Waals surface area contributed by atoms with Gasteiger partial charge in [0, 0.05) is 6.61 Å². The molecule has 2 atom stereocenters. The van der Waals surface area contributed by atoms with E-state index in [1.165, 1.54) is 0 Å². The van der Waals surface area contributed by atoms with Crippen LogP contribution in [0.5, 0.6) is 0 Å². The number of carbonyl (C=O) groups is 1. The molecule has 0 spiro atoms. The van der Waals surface area contributed by atoms with Crippen LogP contribution in [-0.2, 0) is 19.0 Å². The van der Waals surface area contributed by atoms with Gasteiger partial charge in [0.15, 0.2) is 0 Å². The first-order valence-electron chi connectivity index (χ1n) is 5.31. The van der Waals surface area contributed by atoms with Crippen LogP contribution < -0.4 is 5.32 Å². The van der Waals surface area contributed by atoms with Gasteiger partial charge in [0.25, 0.3) is 0 Å². The van der Waals surface area contributed by atoms with Gasteiger partial charge in [-0.25, -0.2) is 0 Å². The van der Waals surface area contributed by atoms with Gasteiger partial charge in [0.1, 0.15) is 6.04 Å². The standard InChI is InChI=1S/C10H19NO4/c1-3-14-10(12)9(11-2)7-15-8-4-5-13-6-8/h8-9,11H,3-7H2,1-2H3. The van der Waals surface area contributed by atoms with Gasteiger partial charge >= 0.3 is 5.97 Å². The molecule has 1 saturated heterocycles. The van der Waals surface area contributed by atoms with Gasteiger partial charge in [-0.05, 0) is 20.4 Å². The number of ether oxygens (including phenoxy) is 3. The molecule has 0 radical (unpaired) electrons. The van der Waals surface area contributed by atoms with E-state index in [1.807, 2.05) is 0 Å². The highest BCUT2D eigenvalue weighted by Gasteiger charge is 2.22. The summed E-state index contributed by atoms with van der Waals surface area (Å²) in [5.74, 6) is -0.265. The monoisotopic (exact) mass is 217 g/mol. The van der Waals surface area contributed by atoms with Crippen LogP contribution in [0, 0.1) is 0 Å². The second-order valence-electron chi connectivity index (χ2n) is 3.41. The van der Waals surface area contributed by atoms with E-state index in [0.29, 0.717) is 19.8 Å². The normalized spacial score (nSPS) is 22.7. The van der Waals surface area contributed by atoms with Crippen molar-refractivity contribution in [2.45, 2.75) is 25.5 Å². The molecule has 0 saturated carbocycles. The van der Waals surface area contributed by atoms with Crippen LogP contribution >= 0.6 is 0 Å². The molecule has 5 heteroatoms. The zero-order valence-corrected chi connectivity index (χ0v) is 9.32. The van der Waals surface area contributed by atoms with E-state index < -0.39 is 0 Å². The molecule has 0 aromatic rings. The summed E-state index contributed by atoms with van der Waals surface area (Å²) in [6, 6.07) is -0.384. The lowest BCUT2D eigenvalue weighted by atomic mass is 10.3. The van der Waals surface area contributed by atoms with Gasteiger partial charge in [-0.2, -0.15) is 0 Å². The Bertz CT molecular complexity index is 192. The zero-order chi connectivity index (χ0) is 11.1. The lowest BCUT2D eigenvalue weighted by Crippen LogP contribution is -2.40. The van der Waals surface area contributed by atoms with Crippen LogP contribution in [0.4, 0.5) is 0 Å². The van der Waals surface area contributed by atoms with Crippen molar-refractivity contribution in [2.75, 3.05) is 33.5 Å². The van der Waals surface area contributed by atoms with E-state index in [9.17, 15) is 4.79 Å². The summed E-state index contributed by atoms with van der Waals surface area (Å²) >= 11 is 0. The molecule has 15 heavy (non-hydrogen) atoms. The van der Waals surface area contributed by atoms with E-state index in [2.05, 4.69) is 5.32 Å². The SMILES string of the molecule is CCOC(=O)C(COC1CCOC1)NC. The fourth-order valence-corrected chi connectivity index (χ4v) is 1.39. The minimum absolute atomic E-state index is 0.121. The molecule has 5 nitrogen and oxygen atoms in total. The minimum atomic E-state index is -0.384. The Labute approximate surface area is 90.1 Å². The molecule has 88 valence electrons. The third-order valence-electron chi connectivity index (χ3n) is 2.31. The van der Waals surface area contributed by atoms with Crippen molar-refractivity contribution in [3.63, 3.8) is 0 Å². The second-order valence-corrected chi connectivity index (χ2v) is 3.41.